The number of para-hydroxylation sites is 1. The second-order valence-electron chi connectivity index (χ2n) is 6.69. The lowest BCUT2D eigenvalue weighted by atomic mass is 9.97. The van der Waals surface area contributed by atoms with E-state index in [1.54, 1.807) is 0 Å². The number of benzene rings is 1. The summed E-state index contributed by atoms with van der Waals surface area (Å²) in [6.07, 6.45) is 1.03. The molecule has 5 nitrogen and oxygen atoms in total. The van der Waals surface area contributed by atoms with E-state index in [1.807, 2.05) is 6.92 Å². The smallest absolute Gasteiger partial charge is 0.126 e. The average Bonchev–Trinajstić information content (AvgIpc) is 2.92. The minimum atomic E-state index is 0.388. The van der Waals surface area contributed by atoms with Gasteiger partial charge in [0.25, 0.3) is 0 Å². The standard InChI is InChI=1S/C18H24N4O/c1-12-4-3-5-15-16(6-7-23-18(12)15)19-9-14-10-20-17-8-13(2)21-22(17)11-14/h3-5,8,14,16,19-20H,6-7,9-11H2,1-2H3/t14-,16+/m0/s1. The van der Waals surface area contributed by atoms with Crippen molar-refractivity contribution in [1.29, 1.82) is 0 Å². The summed E-state index contributed by atoms with van der Waals surface area (Å²) in [4.78, 5) is 0. The van der Waals surface area contributed by atoms with E-state index in [9.17, 15) is 0 Å². The van der Waals surface area contributed by atoms with Gasteiger partial charge in [0.1, 0.15) is 11.6 Å². The largest absolute Gasteiger partial charge is 0.493 e. The van der Waals surface area contributed by atoms with Gasteiger partial charge in [-0.2, -0.15) is 5.10 Å². The Bertz CT molecular complexity index is 709. The van der Waals surface area contributed by atoms with Crippen LogP contribution in [0.15, 0.2) is 24.3 Å². The van der Waals surface area contributed by atoms with Crippen LogP contribution in [-0.4, -0.2) is 29.5 Å². The maximum absolute atomic E-state index is 5.86. The highest BCUT2D eigenvalue weighted by Gasteiger charge is 2.25. The lowest BCUT2D eigenvalue weighted by molar-refractivity contribution is 0.244. The zero-order valence-corrected chi connectivity index (χ0v) is 13.8. The van der Waals surface area contributed by atoms with Gasteiger partial charge in [0, 0.05) is 49.6 Å². The van der Waals surface area contributed by atoms with Crippen LogP contribution >= 0.6 is 0 Å². The topological polar surface area (TPSA) is 51.1 Å². The highest BCUT2D eigenvalue weighted by molar-refractivity contribution is 5.44. The molecule has 4 rings (SSSR count). The van der Waals surface area contributed by atoms with Crippen LogP contribution in [0.1, 0.15) is 29.3 Å². The monoisotopic (exact) mass is 312 g/mol. The van der Waals surface area contributed by atoms with Crippen LogP contribution in [0.25, 0.3) is 0 Å². The number of fused-ring (bicyclic) bond motifs is 2. The molecule has 0 spiro atoms. The number of nitrogens with one attached hydrogen (secondary N) is 2. The first-order chi connectivity index (χ1) is 11.2. The molecule has 2 aromatic rings. The highest BCUT2D eigenvalue weighted by atomic mass is 16.5. The third-order valence-corrected chi connectivity index (χ3v) is 4.83. The summed E-state index contributed by atoms with van der Waals surface area (Å²) in [7, 11) is 0. The molecule has 0 saturated carbocycles. The second kappa shape index (κ2) is 5.89. The van der Waals surface area contributed by atoms with Crippen LogP contribution in [0, 0.1) is 19.8 Å². The zero-order chi connectivity index (χ0) is 15.8. The molecule has 2 aliphatic rings. The quantitative estimate of drug-likeness (QED) is 0.915. The van der Waals surface area contributed by atoms with E-state index in [0.717, 1.165) is 49.9 Å². The van der Waals surface area contributed by atoms with Gasteiger partial charge in [0.2, 0.25) is 0 Å². The highest BCUT2D eigenvalue weighted by Crippen LogP contribution is 2.34. The number of hydrogen-bond donors (Lipinski definition) is 2. The molecule has 0 radical (unpaired) electrons. The maximum Gasteiger partial charge on any atom is 0.126 e. The zero-order valence-electron chi connectivity index (χ0n) is 13.8. The van der Waals surface area contributed by atoms with Crippen molar-refractivity contribution in [3.8, 4) is 5.75 Å². The third-order valence-electron chi connectivity index (χ3n) is 4.83. The van der Waals surface area contributed by atoms with Crippen LogP contribution in [-0.2, 0) is 6.54 Å². The fourth-order valence-corrected chi connectivity index (χ4v) is 3.62. The predicted octanol–water partition coefficient (Wildman–Crippen LogP) is 2.66. The van der Waals surface area contributed by atoms with E-state index in [-0.39, 0.29) is 0 Å². The first-order valence-electron chi connectivity index (χ1n) is 8.45. The predicted molar refractivity (Wildman–Crippen MR) is 91.0 cm³/mol. The molecule has 2 atom stereocenters. The number of aryl methyl sites for hydroxylation is 2. The number of ether oxygens (including phenoxy) is 1. The van der Waals surface area contributed by atoms with Crippen molar-refractivity contribution < 1.29 is 4.74 Å². The normalized spacial score (nSPS) is 22.7. The van der Waals surface area contributed by atoms with Crippen LogP contribution in [0.2, 0.25) is 0 Å². The fourth-order valence-electron chi connectivity index (χ4n) is 3.62. The molecule has 5 heteroatoms. The minimum absolute atomic E-state index is 0.388. The van der Waals surface area contributed by atoms with E-state index in [2.05, 4.69) is 51.6 Å². The van der Waals surface area contributed by atoms with Gasteiger partial charge in [-0.25, -0.2) is 4.68 Å². The van der Waals surface area contributed by atoms with Crippen molar-refractivity contribution in [1.82, 2.24) is 15.1 Å². The molecule has 2 N–H and O–H groups in total. The fraction of sp³-hybridized carbons (Fsp3) is 0.500. The Balaban J connectivity index is 1.42. The summed E-state index contributed by atoms with van der Waals surface area (Å²) in [5, 5.41) is 11.8. The van der Waals surface area contributed by atoms with Crippen LogP contribution < -0.4 is 15.4 Å². The SMILES string of the molecule is Cc1cc2n(n1)C[C@@H](CN[C@@H]1CCOc3c(C)cccc31)CN2. The van der Waals surface area contributed by atoms with Crippen molar-refractivity contribution in [2.75, 3.05) is 25.0 Å². The lowest BCUT2D eigenvalue weighted by Gasteiger charge is -2.31. The lowest BCUT2D eigenvalue weighted by Crippen LogP contribution is -2.38. The molecule has 0 bridgehead atoms. The Kier molecular flexibility index (Phi) is 3.73. The van der Waals surface area contributed by atoms with Crippen molar-refractivity contribution in [2.24, 2.45) is 5.92 Å². The molecule has 23 heavy (non-hydrogen) atoms. The van der Waals surface area contributed by atoms with Crippen LogP contribution in [0.4, 0.5) is 5.82 Å². The van der Waals surface area contributed by atoms with Gasteiger partial charge in [0.15, 0.2) is 0 Å². The van der Waals surface area contributed by atoms with Crippen molar-refractivity contribution in [3.63, 3.8) is 0 Å². The molecule has 0 aliphatic carbocycles. The Morgan fingerprint density at radius 1 is 1.39 bits per heavy atom. The molecular weight excluding hydrogens is 288 g/mol. The van der Waals surface area contributed by atoms with Gasteiger partial charge < -0.3 is 15.4 Å². The van der Waals surface area contributed by atoms with E-state index < -0.39 is 0 Å². The molecular formula is C18H24N4O. The number of rotatable bonds is 3. The molecule has 0 fully saturated rings. The van der Waals surface area contributed by atoms with Crippen molar-refractivity contribution in [3.05, 3.63) is 41.1 Å². The van der Waals surface area contributed by atoms with Gasteiger partial charge >= 0.3 is 0 Å². The molecule has 1 aromatic heterocycles. The van der Waals surface area contributed by atoms with Gasteiger partial charge in [-0.3, -0.25) is 0 Å². The van der Waals surface area contributed by atoms with Crippen molar-refractivity contribution >= 4 is 5.82 Å². The van der Waals surface area contributed by atoms with E-state index in [1.165, 1.54) is 11.1 Å². The number of nitrogens with zero attached hydrogens (tertiary/aromatic N) is 2. The van der Waals surface area contributed by atoms with Crippen LogP contribution in [0.5, 0.6) is 5.75 Å². The summed E-state index contributed by atoms with van der Waals surface area (Å²) < 4.78 is 7.95. The molecule has 122 valence electrons. The molecule has 1 aromatic carbocycles. The third kappa shape index (κ3) is 2.81. The van der Waals surface area contributed by atoms with Gasteiger partial charge in [-0.1, -0.05) is 18.2 Å². The Labute approximate surface area is 137 Å². The van der Waals surface area contributed by atoms with E-state index >= 15 is 0 Å². The maximum atomic E-state index is 5.86. The second-order valence-corrected chi connectivity index (χ2v) is 6.69. The summed E-state index contributed by atoms with van der Waals surface area (Å²) in [6, 6.07) is 8.93. The summed E-state index contributed by atoms with van der Waals surface area (Å²) in [5.41, 5.74) is 3.61. The van der Waals surface area contributed by atoms with Crippen LogP contribution in [0.3, 0.4) is 0 Å². The molecule has 0 unspecified atom stereocenters. The van der Waals surface area contributed by atoms with Gasteiger partial charge in [0.05, 0.1) is 12.3 Å². The van der Waals surface area contributed by atoms with E-state index in [0.29, 0.717) is 12.0 Å². The number of aromatic nitrogens is 2. The van der Waals surface area contributed by atoms with E-state index in [4.69, 9.17) is 4.74 Å². The Morgan fingerprint density at radius 2 is 2.30 bits per heavy atom. The number of hydrogen-bond acceptors (Lipinski definition) is 4. The first-order valence-corrected chi connectivity index (χ1v) is 8.45. The Hall–Kier alpha value is -2.01. The minimum Gasteiger partial charge on any atom is -0.493 e. The van der Waals surface area contributed by atoms with Crippen molar-refractivity contribution in [2.45, 2.75) is 32.9 Å². The summed E-state index contributed by atoms with van der Waals surface area (Å²) in [5.74, 6) is 2.77. The summed E-state index contributed by atoms with van der Waals surface area (Å²) in [6.45, 7) is 7.93. The molecule has 3 heterocycles. The molecule has 0 amide bonds. The first kappa shape index (κ1) is 14.6. The molecule has 2 aliphatic heterocycles. The summed E-state index contributed by atoms with van der Waals surface area (Å²) >= 11 is 0. The molecule has 0 saturated heterocycles. The number of anilines is 1. The average molecular weight is 312 g/mol. The Morgan fingerprint density at radius 3 is 3.22 bits per heavy atom. The van der Waals surface area contributed by atoms with Gasteiger partial charge in [-0.15, -0.1) is 0 Å². The van der Waals surface area contributed by atoms with Gasteiger partial charge in [-0.05, 0) is 19.4 Å².